The van der Waals surface area contributed by atoms with Gasteiger partial charge in [-0.1, -0.05) is 24.3 Å². The zero-order valence-electron chi connectivity index (χ0n) is 10.2. The number of phenolic OH excluding ortho intramolecular Hbond substituents is 1. The molecule has 17 heavy (non-hydrogen) atoms. The van der Waals surface area contributed by atoms with Crippen LogP contribution in [0.1, 0.15) is 22.3 Å². The Morgan fingerprint density at radius 3 is 2.00 bits per heavy atom. The molecule has 2 aromatic rings. The number of rotatable bonds is 2. The number of nitrogens with two attached hydrogens (primary N) is 1. The summed E-state index contributed by atoms with van der Waals surface area (Å²) in [6, 6.07) is 11.6. The van der Waals surface area contributed by atoms with Crippen LogP contribution in [0, 0.1) is 13.8 Å². The maximum atomic E-state index is 9.23. The van der Waals surface area contributed by atoms with Crippen LogP contribution in [0.25, 0.3) is 0 Å². The predicted octanol–water partition coefficient (Wildman–Crippen LogP) is 3.18. The van der Waals surface area contributed by atoms with Crippen molar-refractivity contribution in [3.05, 3.63) is 58.7 Å². The lowest BCUT2D eigenvalue weighted by molar-refractivity contribution is 0.475. The van der Waals surface area contributed by atoms with E-state index in [1.54, 1.807) is 12.1 Å². The van der Waals surface area contributed by atoms with E-state index in [2.05, 4.69) is 12.1 Å². The first-order valence-electron chi connectivity index (χ1n) is 5.70. The standard InChI is InChI=1S/C15H17NO/c1-10-7-13(8-11(2)15(10)16)9-12-3-5-14(17)6-4-12/h3-8,17H,9,16H2,1-2H3. The Morgan fingerprint density at radius 1 is 0.941 bits per heavy atom. The lowest BCUT2D eigenvalue weighted by Crippen LogP contribution is -1.97. The highest BCUT2D eigenvalue weighted by Crippen LogP contribution is 2.21. The van der Waals surface area contributed by atoms with Gasteiger partial charge in [0.15, 0.2) is 0 Å². The fourth-order valence-electron chi connectivity index (χ4n) is 2.02. The fourth-order valence-corrected chi connectivity index (χ4v) is 2.02. The number of aryl methyl sites for hydroxylation is 2. The van der Waals surface area contributed by atoms with Crippen LogP contribution >= 0.6 is 0 Å². The zero-order valence-corrected chi connectivity index (χ0v) is 10.2. The van der Waals surface area contributed by atoms with Crippen molar-refractivity contribution in [3.63, 3.8) is 0 Å². The third kappa shape index (κ3) is 2.59. The summed E-state index contributed by atoms with van der Waals surface area (Å²) in [5, 5.41) is 9.23. The van der Waals surface area contributed by atoms with Crippen LogP contribution in [0.4, 0.5) is 5.69 Å². The Bertz CT molecular complexity index is 506. The topological polar surface area (TPSA) is 46.2 Å². The second-order valence-electron chi connectivity index (χ2n) is 4.49. The Hall–Kier alpha value is -1.96. The number of aromatic hydroxyl groups is 1. The van der Waals surface area contributed by atoms with E-state index >= 15 is 0 Å². The second kappa shape index (κ2) is 4.50. The van der Waals surface area contributed by atoms with Gasteiger partial charge in [-0.3, -0.25) is 0 Å². The molecule has 88 valence electrons. The minimum Gasteiger partial charge on any atom is -0.508 e. The van der Waals surface area contributed by atoms with Crippen LogP contribution in [0.5, 0.6) is 5.75 Å². The van der Waals surface area contributed by atoms with Crippen LogP contribution in [-0.4, -0.2) is 5.11 Å². The van der Waals surface area contributed by atoms with E-state index in [0.717, 1.165) is 23.2 Å². The molecule has 0 aromatic heterocycles. The molecular formula is C15H17NO. The maximum absolute atomic E-state index is 9.23. The number of hydrogen-bond acceptors (Lipinski definition) is 2. The number of anilines is 1. The van der Waals surface area contributed by atoms with Crippen molar-refractivity contribution in [3.8, 4) is 5.75 Å². The van der Waals surface area contributed by atoms with E-state index < -0.39 is 0 Å². The minimum atomic E-state index is 0.304. The molecule has 0 aliphatic rings. The SMILES string of the molecule is Cc1cc(Cc2ccc(O)cc2)cc(C)c1N. The molecule has 0 fully saturated rings. The largest absolute Gasteiger partial charge is 0.508 e. The van der Waals surface area contributed by atoms with Gasteiger partial charge in [-0.05, 0) is 54.7 Å². The average Bonchev–Trinajstić information content (AvgIpc) is 2.29. The van der Waals surface area contributed by atoms with E-state index in [1.807, 2.05) is 26.0 Å². The second-order valence-corrected chi connectivity index (χ2v) is 4.49. The van der Waals surface area contributed by atoms with Crippen molar-refractivity contribution in [1.29, 1.82) is 0 Å². The minimum absolute atomic E-state index is 0.304. The van der Waals surface area contributed by atoms with E-state index in [9.17, 15) is 5.11 Å². The van der Waals surface area contributed by atoms with Crippen molar-refractivity contribution in [2.45, 2.75) is 20.3 Å². The molecular weight excluding hydrogens is 210 g/mol. The van der Waals surface area contributed by atoms with Gasteiger partial charge in [0.1, 0.15) is 5.75 Å². The highest BCUT2D eigenvalue weighted by Gasteiger charge is 2.03. The molecule has 2 rings (SSSR count). The molecule has 2 nitrogen and oxygen atoms in total. The third-order valence-electron chi connectivity index (χ3n) is 3.00. The van der Waals surface area contributed by atoms with Crippen molar-refractivity contribution in [2.24, 2.45) is 0 Å². The van der Waals surface area contributed by atoms with E-state index in [1.165, 1.54) is 11.1 Å². The number of benzene rings is 2. The Morgan fingerprint density at radius 2 is 1.47 bits per heavy atom. The van der Waals surface area contributed by atoms with Gasteiger partial charge in [0, 0.05) is 5.69 Å². The van der Waals surface area contributed by atoms with Crippen molar-refractivity contribution < 1.29 is 5.11 Å². The van der Waals surface area contributed by atoms with Gasteiger partial charge in [0.25, 0.3) is 0 Å². The van der Waals surface area contributed by atoms with Gasteiger partial charge >= 0.3 is 0 Å². The Labute approximate surface area is 102 Å². The third-order valence-corrected chi connectivity index (χ3v) is 3.00. The number of phenols is 1. The summed E-state index contributed by atoms with van der Waals surface area (Å²) in [5.74, 6) is 0.304. The smallest absolute Gasteiger partial charge is 0.115 e. The van der Waals surface area contributed by atoms with E-state index in [0.29, 0.717) is 5.75 Å². The van der Waals surface area contributed by atoms with Crippen LogP contribution in [0.15, 0.2) is 36.4 Å². The van der Waals surface area contributed by atoms with Crippen molar-refractivity contribution in [2.75, 3.05) is 5.73 Å². The highest BCUT2D eigenvalue weighted by molar-refractivity contribution is 5.54. The zero-order chi connectivity index (χ0) is 12.4. The molecule has 0 aliphatic carbocycles. The molecule has 0 bridgehead atoms. The lowest BCUT2D eigenvalue weighted by atomic mass is 9.99. The summed E-state index contributed by atoms with van der Waals surface area (Å²) in [6.45, 7) is 4.06. The molecule has 0 atom stereocenters. The molecule has 0 unspecified atom stereocenters. The van der Waals surface area contributed by atoms with Gasteiger partial charge in [-0.15, -0.1) is 0 Å². The predicted molar refractivity (Wildman–Crippen MR) is 71.2 cm³/mol. The molecule has 0 amide bonds. The van der Waals surface area contributed by atoms with Crippen LogP contribution < -0.4 is 5.73 Å². The summed E-state index contributed by atoms with van der Waals surface area (Å²) in [5.41, 5.74) is 11.5. The molecule has 0 saturated heterocycles. The molecule has 2 heteroatoms. The van der Waals surface area contributed by atoms with E-state index in [-0.39, 0.29) is 0 Å². The van der Waals surface area contributed by atoms with Crippen LogP contribution in [0.2, 0.25) is 0 Å². The lowest BCUT2D eigenvalue weighted by Gasteiger charge is -2.09. The van der Waals surface area contributed by atoms with Crippen LogP contribution in [-0.2, 0) is 6.42 Å². The van der Waals surface area contributed by atoms with Gasteiger partial charge in [0.05, 0.1) is 0 Å². The normalized spacial score (nSPS) is 10.5. The molecule has 2 aromatic carbocycles. The van der Waals surface area contributed by atoms with Gasteiger partial charge in [-0.2, -0.15) is 0 Å². The molecule has 0 spiro atoms. The summed E-state index contributed by atoms with van der Waals surface area (Å²) in [6.07, 6.45) is 0.863. The summed E-state index contributed by atoms with van der Waals surface area (Å²) in [7, 11) is 0. The van der Waals surface area contributed by atoms with Crippen molar-refractivity contribution in [1.82, 2.24) is 0 Å². The number of nitrogen functional groups attached to an aromatic ring is 1. The summed E-state index contributed by atoms with van der Waals surface area (Å²) < 4.78 is 0. The van der Waals surface area contributed by atoms with E-state index in [4.69, 9.17) is 5.73 Å². The monoisotopic (exact) mass is 227 g/mol. The molecule has 3 N–H and O–H groups in total. The molecule has 0 radical (unpaired) electrons. The average molecular weight is 227 g/mol. The summed E-state index contributed by atoms with van der Waals surface area (Å²) >= 11 is 0. The first-order valence-corrected chi connectivity index (χ1v) is 5.70. The quantitative estimate of drug-likeness (QED) is 0.774. The molecule has 0 heterocycles. The summed E-state index contributed by atoms with van der Waals surface area (Å²) in [4.78, 5) is 0. The fraction of sp³-hybridized carbons (Fsp3) is 0.200. The first-order chi connectivity index (χ1) is 8.06. The Balaban J connectivity index is 2.27. The van der Waals surface area contributed by atoms with Gasteiger partial charge in [-0.25, -0.2) is 0 Å². The number of hydrogen-bond donors (Lipinski definition) is 2. The maximum Gasteiger partial charge on any atom is 0.115 e. The first kappa shape index (κ1) is 11.5. The van der Waals surface area contributed by atoms with Crippen molar-refractivity contribution >= 4 is 5.69 Å². The van der Waals surface area contributed by atoms with Crippen LogP contribution in [0.3, 0.4) is 0 Å². The highest BCUT2D eigenvalue weighted by atomic mass is 16.3. The van der Waals surface area contributed by atoms with Gasteiger partial charge < -0.3 is 10.8 Å². The molecule has 0 aliphatic heterocycles. The Kier molecular flexibility index (Phi) is 3.05. The van der Waals surface area contributed by atoms with Gasteiger partial charge in [0.2, 0.25) is 0 Å². The molecule has 0 saturated carbocycles.